The number of halogens is 2. The fraction of sp³-hybridized carbons (Fsp3) is 0.318. The highest BCUT2D eigenvalue weighted by atomic mass is 127. The van der Waals surface area contributed by atoms with E-state index in [1.807, 2.05) is 74.1 Å². The smallest absolute Gasteiger partial charge is 0.191 e. The van der Waals surface area contributed by atoms with Gasteiger partial charge in [-0.25, -0.2) is 9.67 Å². The largest absolute Gasteiger partial charge is 0.489 e. The number of hydrogen-bond acceptors (Lipinski definition) is 4. The maximum atomic E-state index is 5.90. The third-order valence-electron chi connectivity index (χ3n) is 4.43. The van der Waals surface area contributed by atoms with E-state index in [4.69, 9.17) is 16.3 Å². The van der Waals surface area contributed by atoms with E-state index in [9.17, 15) is 0 Å². The molecule has 0 saturated heterocycles. The second kappa shape index (κ2) is 11.9. The van der Waals surface area contributed by atoms with Gasteiger partial charge in [0, 0.05) is 30.5 Å². The van der Waals surface area contributed by atoms with Gasteiger partial charge in [-0.1, -0.05) is 17.7 Å². The fourth-order valence-corrected chi connectivity index (χ4v) is 3.07. The summed E-state index contributed by atoms with van der Waals surface area (Å²) in [5.41, 5.74) is 3.09. The topological polar surface area (TPSA) is 76.4 Å². The van der Waals surface area contributed by atoms with E-state index in [0.29, 0.717) is 24.1 Å². The molecule has 0 radical (unpaired) electrons. The van der Waals surface area contributed by atoms with Gasteiger partial charge in [0.25, 0.3) is 0 Å². The predicted molar refractivity (Wildman–Crippen MR) is 136 cm³/mol. The van der Waals surface area contributed by atoms with Gasteiger partial charge in [0.1, 0.15) is 11.9 Å². The monoisotopic (exact) mass is 554 g/mol. The van der Waals surface area contributed by atoms with Crippen LogP contribution in [0.25, 0.3) is 5.82 Å². The summed E-state index contributed by atoms with van der Waals surface area (Å²) in [4.78, 5) is 8.78. The summed E-state index contributed by atoms with van der Waals surface area (Å²) in [7, 11) is 1.74. The molecule has 0 amide bonds. The molecule has 7 nitrogen and oxygen atoms in total. The first-order chi connectivity index (χ1) is 14.4. The van der Waals surface area contributed by atoms with E-state index in [-0.39, 0.29) is 30.1 Å². The van der Waals surface area contributed by atoms with Crippen molar-refractivity contribution in [2.24, 2.45) is 4.99 Å². The summed E-state index contributed by atoms with van der Waals surface area (Å²) in [6, 6.07) is 13.4. The lowest BCUT2D eigenvalue weighted by Crippen LogP contribution is -2.41. The summed E-state index contributed by atoms with van der Waals surface area (Å²) in [6.45, 7) is 7.20. The first kappa shape index (κ1) is 24.9. The van der Waals surface area contributed by atoms with Crippen LogP contribution >= 0.6 is 35.6 Å². The molecule has 3 aromatic rings. The van der Waals surface area contributed by atoms with Gasteiger partial charge < -0.3 is 15.4 Å². The molecule has 0 spiro atoms. The van der Waals surface area contributed by atoms with Crippen molar-refractivity contribution in [3.05, 3.63) is 70.6 Å². The van der Waals surface area contributed by atoms with Crippen molar-refractivity contribution in [3.8, 4) is 11.6 Å². The lowest BCUT2D eigenvalue weighted by atomic mass is 10.3. The Bertz CT molecular complexity index is 988. The van der Waals surface area contributed by atoms with Crippen LogP contribution in [0.3, 0.4) is 0 Å². The second-order valence-corrected chi connectivity index (χ2v) is 7.49. The van der Waals surface area contributed by atoms with E-state index in [1.165, 1.54) is 0 Å². The Kier molecular flexibility index (Phi) is 9.57. The quantitative estimate of drug-likeness (QED) is 0.259. The summed E-state index contributed by atoms with van der Waals surface area (Å²) in [5, 5.41) is 11.7. The van der Waals surface area contributed by atoms with Crippen molar-refractivity contribution in [1.82, 2.24) is 25.4 Å². The van der Waals surface area contributed by atoms with Gasteiger partial charge in [0.15, 0.2) is 11.8 Å². The number of aryl methyl sites for hydroxylation is 2. The van der Waals surface area contributed by atoms with Crippen LogP contribution in [0.1, 0.15) is 23.9 Å². The third kappa shape index (κ3) is 7.39. The first-order valence-electron chi connectivity index (χ1n) is 9.80. The molecule has 3 rings (SSSR count). The Morgan fingerprint density at radius 1 is 1.16 bits per heavy atom. The molecular formula is C22H28ClIN6O. The summed E-state index contributed by atoms with van der Waals surface area (Å²) >= 11 is 5.90. The molecule has 2 heterocycles. The third-order valence-corrected chi connectivity index (χ3v) is 4.68. The molecule has 1 aromatic carbocycles. The molecule has 2 N–H and O–H groups in total. The standard InChI is InChI=1S/C22H27ClN6O.HI/c1-15-11-16(2)29(28-15)21-10-5-18(13-25-21)14-27-22(24-4)26-12-17(3)30-20-8-6-19(23)7-9-20;/h5-11,13,17H,12,14H2,1-4H3,(H2,24,26,27);1H. The summed E-state index contributed by atoms with van der Waals surface area (Å²) < 4.78 is 7.71. The molecule has 1 atom stereocenters. The number of ether oxygens (including phenoxy) is 1. The van der Waals surface area contributed by atoms with Gasteiger partial charge in [0.2, 0.25) is 0 Å². The Labute approximate surface area is 205 Å². The Hall–Kier alpha value is -2.33. The van der Waals surface area contributed by atoms with Crippen LogP contribution in [0.2, 0.25) is 5.02 Å². The van der Waals surface area contributed by atoms with Crippen LogP contribution in [0, 0.1) is 13.8 Å². The molecule has 0 saturated carbocycles. The Morgan fingerprint density at radius 3 is 2.48 bits per heavy atom. The van der Waals surface area contributed by atoms with E-state index in [0.717, 1.165) is 28.5 Å². The molecule has 0 bridgehead atoms. The number of nitrogens with zero attached hydrogens (tertiary/aromatic N) is 4. The molecule has 2 aromatic heterocycles. The zero-order chi connectivity index (χ0) is 21.5. The van der Waals surface area contributed by atoms with Gasteiger partial charge in [-0.15, -0.1) is 24.0 Å². The van der Waals surface area contributed by atoms with E-state index >= 15 is 0 Å². The van der Waals surface area contributed by atoms with Crippen LogP contribution in [0.5, 0.6) is 5.75 Å². The summed E-state index contributed by atoms with van der Waals surface area (Å²) in [5.74, 6) is 2.29. The van der Waals surface area contributed by atoms with Crippen molar-refractivity contribution >= 4 is 41.5 Å². The Morgan fingerprint density at radius 2 is 1.90 bits per heavy atom. The first-order valence-corrected chi connectivity index (χ1v) is 10.2. The van der Waals surface area contributed by atoms with E-state index < -0.39 is 0 Å². The molecule has 0 aliphatic carbocycles. The molecule has 166 valence electrons. The van der Waals surface area contributed by atoms with Crippen molar-refractivity contribution in [1.29, 1.82) is 0 Å². The summed E-state index contributed by atoms with van der Waals surface area (Å²) in [6.07, 6.45) is 1.81. The average Bonchev–Trinajstić information content (AvgIpc) is 3.08. The molecular weight excluding hydrogens is 527 g/mol. The van der Waals surface area contributed by atoms with Crippen molar-refractivity contribution in [2.75, 3.05) is 13.6 Å². The second-order valence-electron chi connectivity index (χ2n) is 7.05. The van der Waals surface area contributed by atoms with Gasteiger partial charge in [-0.2, -0.15) is 5.10 Å². The number of hydrogen-bond donors (Lipinski definition) is 2. The normalized spacial score (nSPS) is 12.1. The molecule has 0 fully saturated rings. The number of nitrogens with one attached hydrogen (secondary N) is 2. The van der Waals surface area contributed by atoms with Crippen LogP contribution in [-0.4, -0.2) is 40.4 Å². The molecule has 31 heavy (non-hydrogen) atoms. The SMILES string of the molecule is CN=C(NCc1ccc(-n2nc(C)cc2C)nc1)NCC(C)Oc1ccc(Cl)cc1.I. The Balaban J connectivity index is 0.00000341. The average molecular weight is 555 g/mol. The van der Waals surface area contributed by atoms with Crippen LogP contribution in [-0.2, 0) is 6.54 Å². The van der Waals surface area contributed by atoms with Gasteiger partial charge in [0.05, 0.1) is 12.2 Å². The zero-order valence-corrected chi connectivity index (χ0v) is 21.2. The minimum Gasteiger partial charge on any atom is -0.489 e. The molecule has 9 heteroatoms. The highest BCUT2D eigenvalue weighted by Gasteiger charge is 2.07. The number of pyridine rings is 1. The van der Waals surface area contributed by atoms with Gasteiger partial charge in [-0.3, -0.25) is 4.99 Å². The van der Waals surface area contributed by atoms with Crippen molar-refractivity contribution in [3.63, 3.8) is 0 Å². The van der Waals surface area contributed by atoms with Crippen molar-refractivity contribution in [2.45, 2.75) is 33.4 Å². The van der Waals surface area contributed by atoms with Gasteiger partial charge >= 0.3 is 0 Å². The highest BCUT2D eigenvalue weighted by Crippen LogP contribution is 2.16. The van der Waals surface area contributed by atoms with Gasteiger partial charge in [-0.05, 0) is 62.7 Å². The molecule has 0 aliphatic heterocycles. The van der Waals surface area contributed by atoms with Crippen molar-refractivity contribution < 1.29 is 4.74 Å². The maximum Gasteiger partial charge on any atom is 0.191 e. The number of aromatic nitrogens is 3. The minimum absolute atomic E-state index is 0. The van der Waals surface area contributed by atoms with Crippen LogP contribution in [0.15, 0.2) is 53.7 Å². The number of guanidine groups is 1. The predicted octanol–water partition coefficient (Wildman–Crippen LogP) is 4.29. The fourth-order valence-electron chi connectivity index (χ4n) is 2.94. The van der Waals surface area contributed by atoms with Crippen LogP contribution in [0.4, 0.5) is 0 Å². The lowest BCUT2D eigenvalue weighted by Gasteiger charge is -2.18. The number of benzene rings is 1. The molecule has 0 aliphatic rings. The van der Waals surface area contributed by atoms with E-state index in [2.05, 4.69) is 25.7 Å². The van der Waals surface area contributed by atoms with Crippen LogP contribution < -0.4 is 15.4 Å². The lowest BCUT2D eigenvalue weighted by molar-refractivity contribution is 0.224. The van der Waals surface area contributed by atoms with E-state index in [1.54, 1.807) is 7.05 Å². The number of rotatable bonds is 7. The molecule has 1 unspecified atom stereocenters. The maximum absolute atomic E-state index is 5.90. The zero-order valence-electron chi connectivity index (χ0n) is 18.1. The number of aliphatic imine (C=N–C) groups is 1. The highest BCUT2D eigenvalue weighted by molar-refractivity contribution is 14.0. The minimum atomic E-state index is -0.0357.